The van der Waals surface area contributed by atoms with Crippen LogP contribution in [0, 0.1) is 16.7 Å². The molecule has 1 aliphatic carbocycles. The first-order chi connectivity index (χ1) is 13.4. The summed E-state index contributed by atoms with van der Waals surface area (Å²) in [5.74, 6) is 0.793. The zero-order chi connectivity index (χ0) is 19.5. The van der Waals surface area contributed by atoms with E-state index < -0.39 is 0 Å². The van der Waals surface area contributed by atoms with Gasteiger partial charge in [0.1, 0.15) is 12.6 Å². The number of benzene rings is 2. The van der Waals surface area contributed by atoms with E-state index in [9.17, 15) is 5.11 Å². The summed E-state index contributed by atoms with van der Waals surface area (Å²) >= 11 is 0. The van der Waals surface area contributed by atoms with Crippen molar-refractivity contribution in [2.24, 2.45) is 16.7 Å². The number of piperidine rings is 1. The topological polar surface area (TPSA) is 29.6 Å². The van der Waals surface area contributed by atoms with Crippen LogP contribution in [-0.2, 0) is 6.54 Å². The third-order valence-electron chi connectivity index (χ3n) is 8.39. The van der Waals surface area contributed by atoms with E-state index >= 15 is 0 Å². The lowest BCUT2D eigenvalue weighted by atomic mass is 9.63. The normalized spacial score (nSPS) is 30.1. The average Bonchev–Trinajstić information content (AvgIpc) is 2.99. The third kappa shape index (κ3) is 2.63. The molecule has 0 amide bonds. The van der Waals surface area contributed by atoms with Crippen molar-refractivity contribution in [2.45, 2.75) is 46.3 Å². The highest BCUT2D eigenvalue weighted by Gasteiger charge is 2.57. The van der Waals surface area contributed by atoms with Crippen LogP contribution in [0.3, 0.4) is 0 Å². The number of para-hydroxylation sites is 2. The largest absolute Gasteiger partial charge is 0.385 e. The molecular formula is C25H33N2O+. The van der Waals surface area contributed by atoms with Gasteiger partial charge in [-0.1, -0.05) is 57.2 Å². The fourth-order valence-electron chi connectivity index (χ4n) is 6.28. The molecule has 0 radical (unpaired) electrons. The second-order valence-corrected chi connectivity index (χ2v) is 10.2. The van der Waals surface area contributed by atoms with Crippen LogP contribution in [0.15, 0.2) is 48.5 Å². The molecule has 1 saturated carbocycles. The molecular weight excluding hydrogens is 344 g/mol. The summed E-state index contributed by atoms with van der Waals surface area (Å²) < 4.78 is 2.32. The second-order valence-electron chi connectivity index (χ2n) is 10.2. The van der Waals surface area contributed by atoms with E-state index in [-0.39, 0.29) is 6.10 Å². The first-order valence-corrected chi connectivity index (χ1v) is 10.9. The van der Waals surface area contributed by atoms with Crippen LogP contribution in [0.25, 0.3) is 21.8 Å². The summed E-state index contributed by atoms with van der Waals surface area (Å²) in [7, 11) is 0. The molecule has 5 rings (SSSR count). The van der Waals surface area contributed by atoms with Crippen molar-refractivity contribution in [3.63, 3.8) is 0 Å². The minimum absolute atomic E-state index is 0.321. The molecule has 1 aliphatic heterocycles. The zero-order valence-corrected chi connectivity index (χ0v) is 17.4. The first kappa shape index (κ1) is 18.2. The lowest BCUT2D eigenvalue weighted by Crippen LogP contribution is -3.16. The van der Waals surface area contributed by atoms with Crippen molar-refractivity contribution in [1.82, 2.24) is 4.57 Å². The maximum atomic E-state index is 11.1. The minimum Gasteiger partial charge on any atom is -0.385 e. The monoisotopic (exact) mass is 377 g/mol. The highest BCUT2D eigenvalue weighted by molar-refractivity contribution is 6.07. The van der Waals surface area contributed by atoms with Gasteiger partial charge in [0.25, 0.3) is 0 Å². The van der Waals surface area contributed by atoms with Crippen molar-refractivity contribution in [1.29, 1.82) is 0 Å². The Morgan fingerprint density at radius 2 is 1.64 bits per heavy atom. The molecule has 0 spiro atoms. The molecule has 1 unspecified atom stereocenters. The minimum atomic E-state index is -0.321. The van der Waals surface area contributed by atoms with Crippen LogP contribution in [-0.4, -0.2) is 35.4 Å². The van der Waals surface area contributed by atoms with E-state index in [0.717, 1.165) is 12.5 Å². The maximum Gasteiger partial charge on any atom is 0.121 e. The number of nitrogens with zero attached hydrogens (tertiary/aromatic N) is 1. The molecule has 3 heteroatoms. The average molecular weight is 378 g/mol. The highest BCUT2D eigenvalue weighted by atomic mass is 16.3. The van der Waals surface area contributed by atoms with Gasteiger partial charge >= 0.3 is 0 Å². The van der Waals surface area contributed by atoms with Crippen LogP contribution < -0.4 is 4.90 Å². The summed E-state index contributed by atoms with van der Waals surface area (Å²) in [6.45, 7) is 11.3. The molecule has 2 heterocycles. The smallest absolute Gasteiger partial charge is 0.121 e. The van der Waals surface area contributed by atoms with Crippen molar-refractivity contribution in [3.8, 4) is 0 Å². The molecule has 2 N–H and O–H groups in total. The molecule has 2 aromatic carbocycles. The summed E-state index contributed by atoms with van der Waals surface area (Å²) in [5.41, 5.74) is 3.31. The molecule has 4 atom stereocenters. The van der Waals surface area contributed by atoms with Crippen molar-refractivity contribution in [2.75, 3.05) is 19.6 Å². The van der Waals surface area contributed by atoms with Crippen LogP contribution in [0.4, 0.5) is 0 Å². The van der Waals surface area contributed by atoms with E-state index in [1.165, 1.54) is 47.7 Å². The third-order valence-corrected chi connectivity index (χ3v) is 8.39. The lowest BCUT2D eigenvalue weighted by molar-refractivity contribution is -0.921. The van der Waals surface area contributed by atoms with Crippen LogP contribution in [0.2, 0.25) is 0 Å². The number of hydrogen-bond acceptors (Lipinski definition) is 1. The number of fused-ring (bicyclic) bond motifs is 5. The number of aliphatic hydroxyl groups is 1. The molecule has 3 nitrogen and oxygen atoms in total. The Kier molecular flexibility index (Phi) is 4.12. The second kappa shape index (κ2) is 6.33. The van der Waals surface area contributed by atoms with Gasteiger partial charge in [0.15, 0.2) is 0 Å². The van der Waals surface area contributed by atoms with Crippen LogP contribution in [0.1, 0.15) is 33.6 Å². The van der Waals surface area contributed by atoms with Crippen molar-refractivity contribution >= 4 is 21.8 Å². The van der Waals surface area contributed by atoms with E-state index in [1.807, 2.05) is 0 Å². The van der Waals surface area contributed by atoms with Crippen molar-refractivity contribution in [3.05, 3.63) is 48.5 Å². The van der Waals surface area contributed by atoms with Gasteiger partial charge < -0.3 is 14.6 Å². The number of aliphatic hydroxyl groups excluding tert-OH is 1. The molecule has 28 heavy (non-hydrogen) atoms. The van der Waals surface area contributed by atoms with E-state index in [1.54, 1.807) is 4.90 Å². The van der Waals surface area contributed by atoms with Gasteiger partial charge in [0.2, 0.25) is 0 Å². The van der Waals surface area contributed by atoms with Gasteiger partial charge in [-0.25, -0.2) is 0 Å². The summed E-state index contributed by atoms with van der Waals surface area (Å²) in [6, 6.07) is 17.1. The summed E-state index contributed by atoms with van der Waals surface area (Å²) in [4.78, 5) is 1.59. The Bertz CT molecular complexity index is 966. The molecule has 148 valence electrons. The molecule has 1 aromatic heterocycles. The van der Waals surface area contributed by atoms with Crippen molar-refractivity contribution < 1.29 is 10.0 Å². The molecule has 3 aromatic rings. The number of hydrogen-bond donors (Lipinski definition) is 2. The summed E-state index contributed by atoms with van der Waals surface area (Å²) in [5, 5.41) is 13.6. The Hall–Kier alpha value is -1.84. The Morgan fingerprint density at radius 1 is 1.04 bits per heavy atom. The van der Waals surface area contributed by atoms with Gasteiger partial charge in [-0.05, 0) is 30.4 Å². The highest BCUT2D eigenvalue weighted by Crippen LogP contribution is 2.56. The number of nitrogens with one attached hydrogen (secondary N) is 1. The predicted molar refractivity (Wildman–Crippen MR) is 116 cm³/mol. The molecule has 1 saturated heterocycles. The Morgan fingerprint density at radius 3 is 2.25 bits per heavy atom. The Balaban J connectivity index is 1.39. The van der Waals surface area contributed by atoms with Crippen LogP contribution in [0.5, 0.6) is 0 Å². The van der Waals surface area contributed by atoms with Gasteiger partial charge in [0.05, 0.1) is 19.6 Å². The molecule has 2 bridgehead atoms. The number of quaternary nitrogens is 1. The van der Waals surface area contributed by atoms with E-state index in [0.29, 0.717) is 17.4 Å². The van der Waals surface area contributed by atoms with Crippen LogP contribution >= 0.6 is 0 Å². The fourth-order valence-corrected chi connectivity index (χ4v) is 6.28. The SMILES string of the molecule is CC1(C)[C@H]2CC[C@]1(C)C[NH+](C[C@H](O)Cn1c3ccccc3c3ccccc31)C2. The van der Waals surface area contributed by atoms with Gasteiger partial charge in [0, 0.05) is 33.1 Å². The molecule has 2 fully saturated rings. The first-order valence-electron chi connectivity index (χ1n) is 10.9. The predicted octanol–water partition coefficient (Wildman–Crippen LogP) is 3.50. The fraction of sp³-hybridized carbons (Fsp3) is 0.520. The van der Waals surface area contributed by atoms with Gasteiger partial charge in [-0.2, -0.15) is 0 Å². The summed E-state index contributed by atoms with van der Waals surface area (Å²) in [6.07, 6.45) is 2.38. The van der Waals surface area contributed by atoms with E-state index in [2.05, 4.69) is 73.9 Å². The van der Waals surface area contributed by atoms with Gasteiger partial charge in [-0.15, -0.1) is 0 Å². The number of likely N-dealkylation sites (tertiary alicyclic amines) is 1. The van der Waals surface area contributed by atoms with E-state index in [4.69, 9.17) is 0 Å². The number of aromatic nitrogens is 1. The standard InChI is InChI=1S/C25H32N2O/c1-24(2)18-12-13-25(24,3)17-26(14-18)15-19(28)16-27-22-10-6-4-8-20(22)21-9-5-7-11-23(21)27/h4-11,18-19,28H,12-17H2,1-3H3/p+1/t18-,19-,25+/m0/s1. The molecule has 2 aliphatic rings. The van der Waals surface area contributed by atoms with Gasteiger partial charge in [-0.3, -0.25) is 0 Å². The lowest BCUT2D eigenvalue weighted by Gasteiger charge is -2.48. The zero-order valence-electron chi connectivity index (χ0n) is 17.4. The Labute approximate surface area is 168 Å². The quantitative estimate of drug-likeness (QED) is 0.716. The number of rotatable bonds is 4. The maximum absolute atomic E-state index is 11.1.